The molecule has 0 aliphatic heterocycles. The van der Waals surface area contributed by atoms with Gasteiger partial charge in [0.05, 0.1) is 0 Å². The number of hydrogen-bond acceptors (Lipinski definition) is 1. The summed E-state index contributed by atoms with van der Waals surface area (Å²) in [6, 6.07) is 25.3. The van der Waals surface area contributed by atoms with E-state index < -0.39 is 0 Å². The maximum Gasteiger partial charge on any atom is 0.193 e. The van der Waals surface area contributed by atoms with E-state index in [9.17, 15) is 4.79 Å². The summed E-state index contributed by atoms with van der Waals surface area (Å²) >= 11 is 0. The fourth-order valence-corrected chi connectivity index (χ4v) is 2.38. The minimum absolute atomic E-state index is 0.0501. The molecule has 1 heteroatoms. The molecule has 0 N–H and O–H groups in total. The minimum Gasteiger partial charge on any atom is -0.289 e. The lowest BCUT2D eigenvalue weighted by Crippen LogP contribution is -2.00. The average Bonchev–Trinajstić information content (AvgIpc) is 2.62. The van der Waals surface area contributed by atoms with Crippen molar-refractivity contribution in [3.05, 3.63) is 102 Å². The molecule has 0 aromatic heterocycles. The number of ketones is 1. The largest absolute Gasteiger partial charge is 0.289 e. The fraction of sp³-hybridized carbons (Fsp3) is 0. The Bertz CT molecular complexity index is 782. The second-order valence-corrected chi connectivity index (χ2v) is 5.10. The molecule has 3 aromatic carbocycles. The van der Waals surface area contributed by atoms with E-state index in [0.717, 1.165) is 16.7 Å². The van der Waals surface area contributed by atoms with Crippen molar-refractivity contribution >= 4 is 11.9 Å². The van der Waals surface area contributed by atoms with Crippen LogP contribution in [0.3, 0.4) is 0 Å². The highest BCUT2D eigenvalue weighted by atomic mass is 16.1. The molecule has 0 fully saturated rings. The number of carbonyl (C=O) groups excluding carboxylic acids is 1. The second-order valence-electron chi connectivity index (χ2n) is 5.10. The first-order chi connectivity index (χ1) is 10.8. The third-order valence-corrected chi connectivity index (χ3v) is 3.66. The van der Waals surface area contributed by atoms with Crippen LogP contribution in [-0.4, -0.2) is 5.78 Å². The van der Waals surface area contributed by atoms with E-state index >= 15 is 0 Å². The van der Waals surface area contributed by atoms with E-state index in [1.807, 2.05) is 72.8 Å². The van der Waals surface area contributed by atoms with Crippen LogP contribution in [0.1, 0.15) is 21.5 Å². The zero-order valence-corrected chi connectivity index (χ0v) is 12.2. The molecule has 0 saturated heterocycles. The molecular formula is C21H16O. The van der Waals surface area contributed by atoms with E-state index in [2.05, 4.69) is 18.7 Å². The fourth-order valence-electron chi connectivity index (χ4n) is 2.38. The monoisotopic (exact) mass is 284 g/mol. The summed E-state index contributed by atoms with van der Waals surface area (Å²) in [5, 5.41) is 0. The first kappa shape index (κ1) is 14.0. The standard InChI is InChI=1S/C21H16O/c1-2-16-8-10-17(11-9-16)18-12-14-20(15-13-18)21(22)19-6-4-3-5-7-19/h2-15H,1H2. The Balaban J connectivity index is 1.86. The molecule has 3 rings (SSSR count). The van der Waals surface area contributed by atoms with Crippen LogP contribution in [0, 0.1) is 0 Å². The Morgan fingerprint density at radius 1 is 0.682 bits per heavy atom. The van der Waals surface area contributed by atoms with Crippen LogP contribution in [0.2, 0.25) is 0 Å². The quantitative estimate of drug-likeness (QED) is 0.600. The maximum atomic E-state index is 12.4. The molecule has 0 unspecified atom stereocenters. The zero-order valence-electron chi connectivity index (χ0n) is 12.2. The van der Waals surface area contributed by atoms with E-state index in [1.165, 1.54) is 0 Å². The van der Waals surface area contributed by atoms with E-state index in [1.54, 1.807) is 0 Å². The Kier molecular flexibility index (Phi) is 3.97. The third-order valence-electron chi connectivity index (χ3n) is 3.66. The Morgan fingerprint density at radius 3 is 1.73 bits per heavy atom. The van der Waals surface area contributed by atoms with Gasteiger partial charge in [0.2, 0.25) is 0 Å². The molecule has 0 spiro atoms. The van der Waals surface area contributed by atoms with Gasteiger partial charge < -0.3 is 0 Å². The lowest BCUT2D eigenvalue weighted by Gasteiger charge is -2.05. The molecule has 0 heterocycles. The van der Waals surface area contributed by atoms with E-state index in [0.29, 0.717) is 11.1 Å². The van der Waals surface area contributed by atoms with Gasteiger partial charge >= 0.3 is 0 Å². The third kappa shape index (κ3) is 2.89. The lowest BCUT2D eigenvalue weighted by atomic mass is 9.99. The van der Waals surface area contributed by atoms with Crippen molar-refractivity contribution in [3.63, 3.8) is 0 Å². The van der Waals surface area contributed by atoms with Crippen LogP contribution >= 0.6 is 0 Å². The van der Waals surface area contributed by atoms with Gasteiger partial charge in [-0.1, -0.05) is 91.5 Å². The van der Waals surface area contributed by atoms with E-state index in [-0.39, 0.29) is 5.78 Å². The molecule has 1 nitrogen and oxygen atoms in total. The second kappa shape index (κ2) is 6.23. The van der Waals surface area contributed by atoms with Crippen LogP contribution in [0.15, 0.2) is 85.4 Å². The Hall–Kier alpha value is -2.93. The zero-order chi connectivity index (χ0) is 15.4. The molecule has 0 aliphatic carbocycles. The van der Waals surface area contributed by atoms with Gasteiger partial charge in [0.25, 0.3) is 0 Å². The van der Waals surface area contributed by atoms with Gasteiger partial charge in [-0.05, 0) is 16.7 Å². The summed E-state index contributed by atoms with van der Waals surface area (Å²) in [6.45, 7) is 3.76. The van der Waals surface area contributed by atoms with Gasteiger partial charge in [-0.2, -0.15) is 0 Å². The summed E-state index contributed by atoms with van der Waals surface area (Å²) in [5.41, 5.74) is 4.74. The predicted octanol–water partition coefficient (Wildman–Crippen LogP) is 5.23. The smallest absolute Gasteiger partial charge is 0.193 e. The molecule has 0 radical (unpaired) electrons. The number of benzene rings is 3. The van der Waals surface area contributed by atoms with Gasteiger partial charge in [0.15, 0.2) is 5.78 Å². The highest BCUT2D eigenvalue weighted by Crippen LogP contribution is 2.21. The minimum atomic E-state index is 0.0501. The first-order valence-electron chi connectivity index (χ1n) is 7.20. The molecular weight excluding hydrogens is 268 g/mol. The molecule has 22 heavy (non-hydrogen) atoms. The van der Waals surface area contributed by atoms with Gasteiger partial charge in [0, 0.05) is 11.1 Å². The highest BCUT2D eigenvalue weighted by molar-refractivity contribution is 6.09. The molecule has 0 bridgehead atoms. The maximum absolute atomic E-state index is 12.4. The topological polar surface area (TPSA) is 17.1 Å². The van der Waals surface area contributed by atoms with Crippen LogP contribution < -0.4 is 0 Å². The molecule has 0 aliphatic rings. The van der Waals surface area contributed by atoms with Crippen molar-refractivity contribution in [1.29, 1.82) is 0 Å². The van der Waals surface area contributed by atoms with Crippen LogP contribution in [0.25, 0.3) is 17.2 Å². The van der Waals surface area contributed by atoms with Crippen LogP contribution in [0.5, 0.6) is 0 Å². The van der Waals surface area contributed by atoms with Crippen molar-refractivity contribution < 1.29 is 4.79 Å². The van der Waals surface area contributed by atoms with Crippen molar-refractivity contribution in [2.45, 2.75) is 0 Å². The highest BCUT2D eigenvalue weighted by Gasteiger charge is 2.08. The van der Waals surface area contributed by atoms with Gasteiger partial charge in [0.1, 0.15) is 0 Å². The molecule has 0 saturated carbocycles. The molecule has 0 atom stereocenters. The number of carbonyl (C=O) groups is 1. The van der Waals surface area contributed by atoms with Crippen molar-refractivity contribution in [2.24, 2.45) is 0 Å². The summed E-state index contributed by atoms with van der Waals surface area (Å²) < 4.78 is 0. The van der Waals surface area contributed by atoms with Gasteiger partial charge in [-0.15, -0.1) is 0 Å². The van der Waals surface area contributed by atoms with Crippen LogP contribution in [0.4, 0.5) is 0 Å². The SMILES string of the molecule is C=Cc1ccc(-c2ccc(C(=O)c3ccccc3)cc2)cc1. The van der Waals surface area contributed by atoms with Crippen LogP contribution in [-0.2, 0) is 0 Å². The number of rotatable bonds is 4. The molecule has 106 valence electrons. The summed E-state index contributed by atoms with van der Waals surface area (Å²) in [6.07, 6.45) is 1.82. The molecule has 0 amide bonds. The predicted molar refractivity (Wildman–Crippen MR) is 91.8 cm³/mol. The van der Waals surface area contributed by atoms with Crippen molar-refractivity contribution in [2.75, 3.05) is 0 Å². The first-order valence-corrected chi connectivity index (χ1v) is 7.20. The van der Waals surface area contributed by atoms with Gasteiger partial charge in [-0.3, -0.25) is 4.79 Å². The van der Waals surface area contributed by atoms with Gasteiger partial charge in [-0.25, -0.2) is 0 Å². The normalized spacial score (nSPS) is 10.2. The lowest BCUT2D eigenvalue weighted by molar-refractivity contribution is 0.103. The number of hydrogen-bond donors (Lipinski definition) is 0. The summed E-state index contributed by atoms with van der Waals surface area (Å²) in [7, 11) is 0. The Labute approximate surface area is 130 Å². The average molecular weight is 284 g/mol. The molecule has 3 aromatic rings. The summed E-state index contributed by atoms with van der Waals surface area (Å²) in [4.78, 5) is 12.4. The summed E-state index contributed by atoms with van der Waals surface area (Å²) in [5.74, 6) is 0.0501. The Morgan fingerprint density at radius 2 is 1.18 bits per heavy atom. The van der Waals surface area contributed by atoms with E-state index in [4.69, 9.17) is 0 Å². The van der Waals surface area contributed by atoms with Crippen molar-refractivity contribution in [1.82, 2.24) is 0 Å². The van der Waals surface area contributed by atoms with Crippen molar-refractivity contribution in [3.8, 4) is 11.1 Å².